The highest BCUT2D eigenvalue weighted by Gasteiger charge is 1.99. The summed E-state index contributed by atoms with van der Waals surface area (Å²) in [6.07, 6.45) is 0.614. The third-order valence-electron chi connectivity index (χ3n) is 1.72. The fourth-order valence-electron chi connectivity index (χ4n) is 1.03. The topological polar surface area (TPSA) is 32.3 Å². The first kappa shape index (κ1) is 9.36. The van der Waals surface area contributed by atoms with Crippen molar-refractivity contribution in [2.24, 2.45) is 0 Å². The lowest BCUT2D eigenvalue weighted by Gasteiger charge is -2.04. The van der Waals surface area contributed by atoms with Gasteiger partial charge in [0.05, 0.1) is 0 Å². The Morgan fingerprint density at radius 3 is 2.75 bits per heavy atom. The Morgan fingerprint density at radius 2 is 2.25 bits per heavy atom. The minimum Gasteiger partial charge on any atom is -0.396 e. The van der Waals surface area contributed by atoms with Gasteiger partial charge in [0.15, 0.2) is 0 Å². The Kier molecular flexibility index (Phi) is 3.38. The molecule has 0 aromatic heterocycles. The SMILES string of the molecule is CNc1ccc(CCO)c(Cl)c1. The number of aliphatic hydroxyl groups is 1. The molecule has 12 heavy (non-hydrogen) atoms. The Bertz CT molecular complexity index is 263. The molecular formula is C9H12ClNO. The molecule has 0 radical (unpaired) electrons. The van der Waals surface area contributed by atoms with E-state index in [1.165, 1.54) is 0 Å². The van der Waals surface area contributed by atoms with Crippen molar-refractivity contribution in [1.29, 1.82) is 0 Å². The molecule has 0 aliphatic rings. The molecule has 0 atom stereocenters. The van der Waals surface area contributed by atoms with Crippen LogP contribution in [0.1, 0.15) is 5.56 Å². The van der Waals surface area contributed by atoms with Gasteiger partial charge >= 0.3 is 0 Å². The van der Waals surface area contributed by atoms with Gasteiger partial charge in [0.25, 0.3) is 0 Å². The highest BCUT2D eigenvalue weighted by atomic mass is 35.5. The van der Waals surface area contributed by atoms with Crippen molar-refractivity contribution in [3.05, 3.63) is 28.8 Å². The Labute approximate surface area is 77.2 Å². The zero-order valence-corrected chi connectivity index (χ0v) is 7.73. The lowest BCUT2D eigenvalue weighted by Crippen LogP contribution is -1.93. The molecule has 3 heteroatoms. The second kappa shape index (κ2) is 4.33. The number of anilines is 1. The quantitative estimate of drug-likeness (QED) is 0.754. The van der Waals surface area contributed by atoms with Gasteiger partial charge in [-0.25, -0.2) is 0 Å². The third-order valence-corrected chi connectivity index (χ3v) is 2.07. The van der Waals surface area contributed by atoms with E-state index in [1.807, 2.05) is 25.2 Å². The second-order valence-electron chi connectivity index (χ2n) is 2.53. The van der Waals surface area contributed by atoms with E-state index < -0.39 is 0 Å². The molecule has 0 bridgehead atoms. The normalized spacial score (nSPS) is 9.92. The van der Waals surface area contributed by atoms with Gasteiger partial charge < -0.3 is 10.4 Å². The summed E-state index contributed by atoms with van der Waals surface area (Å²) in [7, 11) is 1.84. The minimum atomic E-state index is 0.138. The predicted molar refractivity (Wildman–Crippen MR) is 51.8 cm³/mol. The van der Waals surface area contributed by atoms with Crippen molar-refractivity contribution in [3.63, 3.8) is 0 Å². The van der Waals surface area contributed by atoms with Crippen molar-refractivity contribution in [3.8, 4) is 0 Å². The molecule has 1 aromatic rings. The van der Waals surface area contributed by atoms with Crippen LogP contribution >= 0.6 is 11.6 Å². The molecule has 2 nitrogen and oxygen atoms in total. The molecular weight excluding hydrogens is 174 g/mol. The molecule has 0 saturated carbocycles. The summed E-state index contributed by atoms with van der Waals surface area (Å²) in [5.74, 6) is 0. The zero-order chi connectivity index (χ0) is 8.97. The van der Waals surface area contributed by atoms with Gasteiger partial charge in [0.2, 0.25) is 0 Å². The van der Waals surface area contributed by atoms with Crippen molar-refractivity contribution in [1.82, 2.24) is 0 Å². The van der Waals surface area contributed by atoms with Gasteiger partial charge in [-0.15, -0.1) is 0 Å². The van der Waals surface area contributed by atoms with Crippen LogP contribution < -0.4 is 5.32 Å². The molecule has 66 valence electrons. The second-order valence-corrected chi connectivity index (χ2v) is 2.94. The van der Waals surface area contributed by atoms with E-state index in [2.05, 4.69) is 5.32 Å². The maximum atomic E-state index is 8.70. The van der Waals surface area contributed by atoms with Crippen molar-refractivity contribution < 1.29 is 5.11 Å². The number of hydrogen-bond donors (Lipinski definition) is 2. The van der Waals surface area contributed by atoms with E-state index >= 15 is 0 Å². The van der Waals surface area contributed by atoms with Gasteiger partial charge in [-0.3, -0.25) is 0 Å². The molecule has 0 spiro atoms. The summed E-state index contributed by atoms with van der Waals surface area (Å²) in [6.45, 7) is 0.138. The van der Waals surface area contributed by atoms with E-state index in [9.17, 15) is 0 Å². The summed E-state index contributed by atoms with van der Waals surface area (Å²) < 4.78 is 0. The van der Waals surface area contributed by atoms with Crippen LogP contribution in [0.5, 0.6) is 0 Å². The highest BCUT2D eigenvalue weighted by molar-refractivity contribution is 6.31. The number of halogens is 1. The van der Waals surface area contributed by atoms with E-state index in [4.69, 9.17) is 16.7 Å². The van der Waals surface area contributed by atoms with Gasteiger partial charge in [-0.05, 0) is 24.1 Å². The summed E-state index contributed by atoms with van der Waals surface area (Å²) in [4.78, 5) is 0. The number of rotatable bonds is 3. The van der Waals surface area contributed by atoms with E-state index in [-0.39, 0.29) is 6.61 Å². The summed E-state index contributed by atoms with van der Waals surface area (Å²) in [5.41, 5.74) is 1.97. The monoisotopic (exact) mass is 185 g/mol. The van der Waals surface area contributed by atoms with E-state index in [0.717, 1.165) is 11.3 Å². The number of benzene rings is 1. The van der Waals surface area contributed by atoms with Gasteiger partial charge in [-0.1, -0.05) is 17.7 Å². The molecule has 0 saturated heterocycles. The average molecular weight is 186 g/mol. The lowest BCUT2D eigenvalue weighted by atomic mass is 10.1. The molecule has 1 rings (SSSR count). The van der Waals surface area contributed by atoms with Crippen LogP contribution in [-0.2, 0) is 6.42 Å². The summed E-state index contributed by atoms with van der Waals surface area (Å²) in [5, 5.41) is 12.4. The summed E-state index contributed by atoms with van der Waals surface area (Å²) >= 11 is 5.94. The van der Waals surface area contributed by atoms with E-state index in [0.29, 0.717) is 11.4 Å². The molecule has 0 aliphatic carbocycles. The van der Waals surface area contributed by atoms with Gasteiger partial charge in [0.1, 0.15) is 0 Å². The smallest absolute Gasteiger partial charge is 0.0471 e. The fourth-order valence-corrected chi connectivity index (χ4v) is 1.30. The molecule has 0 aliphatic heterocycles. The number of hydrogen-bond acceptors (Lipinski definition) is 2. The fraction of sp³-hybridized carbons (Fsp3) is 0.333. The third kappa shape index (κ3) is 2.13. The maximum absolute atomic E-state index is 8.70. The standard InChI is InChI=1S/C9H12ClNO/c1-11-8-3-2-7(4-5-12)9(10)6-8/h2-3,6,11-12H,4-5H2,1H3. The van der Waals surface area contributed by atoms with Crippen molar-refractivity contribution in [2.45, 2.75) is 6.42 Å². The first-order valence-electron chi connectivity index (χ1n) is 3.85. The molecule has 0 amide bonds. The number of nitrogens with one attached hydrogen (secondary N) is 1. The Hall–Kier alpha value is -0.730. The first-order chi connectivity index (χ1) is 5.77. The Morgan fingerprint density at radius 1 is 1.50 bits per heavy atom. The van der Waals surface area contributed by atoms with Crippen LogP contribution in [0.15, 0.2) is 18.2 Å². The van der Waals surface area contributed by atoms with Crippen LogP contribution in [0.3, 0.4) is 0 Å². The van der Waals surface area contributed by atoms with Gasteiger partial charge in [-0.2, -0.15) is 0 Å². The molecule has 2 N–H and O–H groups in total. The minimum absolute atomic E-state index is 0.138. The zero-order valence-electron chi connectivity index (χ0n) is 6.97. The average Bonchev–Trinajstić information content (AvgIpc) is 2.09. The largest absolute Gasteiger partial charge is 0.396 e. The maximum Gasteiger partial charge on any atom is 0.0471 e. The molecule has 0 heterocycles. The van der Waals surface area contributed by atoms with Crippen molar-refractivity contribution >= 4 is 17.3 Å². The Balaban J connectivity index is 2.87. The molecule has 0 fully saturated rings. The van der Waals surface area contributed by atoms with Crippen LogP contribution in [0.25, 0.3) is 0 Å². The van der Waals surface area contributed by atoms with Crippen LogP contribution in [0.2, 0.25) is 5.02 Å². The van der Waals surface area contributed by atoms with Crippen LogP contribution in [0.4, 0.5) is 5.69 Å². The van der Waals surface area contributed by atoms with Crippen molar-refractivity contribution in [2.75, 3.05) is 19.0 Å². The van der Waals surface area contributed by atoms with Crippen LogP contribution in [-0.4, -0.2) is 18.8 Å². The molecule has 0 unspecified atom stereocenters. The first-order valence-corrected chi connectivity index (χ1v) is 4.22. The molecule has 1 aromatic carbocycles. The van der Waals surface area contributed by atoms with Gasteiger partial charge in [0, 0.05) is 24.4 Å². The predicted octanol–water partition coefficient (Wildman–Crippen LogP) is 1.92. The highest BCUT2D eigenvalue weighted by Crippen LogP contribution is 2.20. The summed E-state index contributed by atoms with van der Waals surface area (Å²) in [6, 6.07) is 5.72. The van der Waals surface area contributed by atoms with Crippen LogP contribution in [0, 0.1) is 0 Å². The number of aliphatic hydroxyl groups excluding tert-OH is 1. The van der Waals surface area contributed by atoms with E-state index in [1.54, 1.807) is 0 Å². The lowest BCUT2D eigenvalue weighted by molar-refractivity contribution is 0.299.